The molecule has 1 amide bonds. The molecule has 1 aliphatic heterocycles. The lowest BCUT2D eigenvalue weighted by atomic mass is 10.2. The van der Waals surface area contributed by atoms with Crippen molar-refractivity contribution in [3.05, 3.63) is 36.3 Å². The Hall–Kier alpha value is -2.63. The molecule has 3 rings (SSSR count). The van der Waals surface area contributed by atoms with Gasteiger partial charge in [-0.25, -0.2) is 0 Å². The maximum absolute atomic E-state index is 11.9. The van der Waals surface area contributed by atoms with Crippen LogP contribution in [-0.4, -0.2) is 19.1 Å². The Morgan fingerprint density at radius 1 is 1.20 bits per heavy atom. The number of carbonyl (C=O) groups is 1. The molecule has 1 aromatic heterocycles. The molecule has 0 aliphatic carbocycles. The highest BCUT2D eigenvalue weighted by atomic mass is 16.5. The number of fused-ring (bicyclic) bond motifs is 1. The number of carbonyl (C=O) groups excluding carboxylic acids is 1. The molecule has 0 fully saturated rings. The van der Waals surface area contributed by atoms with E-state index >= 15 is 0 Å². The van der Waals surface area contributed by atoms with Gasteiger partial charge in [0.05, 0.1) is 30.9 Å². The quantitative estimate of drug-likeness (QED) is 0.820. The van der Waals surface area contributed by atoms with Crippen LogP contribution in [0.2, 0.25) is 0 Å². The summed E-state index contributed by atoms with van der Waals surface area (Å²) < 4.78 is 16.1. The molecule has 2 aromatic rings. The average Bonchev–Trinajstić information content (AvgIpc) is 2.88. The first kappa shape index (κ1) is 12.4. The number of hydrogen-bond donors (Lipinski definition) is 2. The maximum Gasteiger partial charge on any atom is 0.291 e. The minimum absolute atomic E-state index is 0.219. The summed E-state index contributed by atoms with van der Waals surface area (Å²) in [4.78, 5) is 11.9. The van der Waals surface area contributed by atoms with E-state index < -0.39 is 0 Å². The molecule has 0 bridgehead atoms. The summed E-state index contributed by atoms with van der Waals surface area (Å²) in [5.41, 5.74) is 6.80. The fraction of sp³-hybridized carbons (Fsp3) is 0.214. The second-order valence-electron chi connectivity index (χ2n) is 4.37. The number of anilines is 2. The summed E-state index contributed by atoms with van der Waals surface area (Å²) in [6.07, 6.45) is 2.24. The van der Waals surface area contributed by atoms with Gasteiger partial charge in [0.1, 0.15) is 0 Å². The SMILES string of the molecule is Nc1cc2c(cc1NC(=O)c1ccco1)OCCCO2. The first-order valence-corrected chi connectivity index (χ1v) is 6.28. The van der Waals surface area contributed by atoms with Crippen LogP contribution in [-0.2, 0) is 0 Å². The molecule has 0 saturated heterocycles. The standard InChI is InChI=1S/C14H14N2O4/c15-9-7-12-13(20-6-2-5-19-12)8-10(9)16-14(17)11-3-1-4-18-11/h1,3-4,7-8H,2,5-6,15H2,(H,16,17). The van der Waals surface area contributed by atoms with Crippen molar-refractivity contribution >= 4 is 17.3 Å². The summed E-state index contributed by atoms with van der Waals surface area (Å²) in [6.45, 7) is 1.16. The lowest BCUT2D eigenvalue weighted by Gasteiger charge is -2.12. The number of nitrogen functional groups attached to an aromatic ring is 1. The van der Waals surface area contributed by atoms with Crippen LogP contribution in [0.1, 0.15) is 17.0 Å². The van der Waals surface area contributed by atoms with E-state index in [-0.39, 0.29) is 11.7 Å². The van der Waals surface area contributed by atoms with E-state index in [9.17, 15) is 4.79 Å². The Labute approximate surface area is 115 Å². The van der Waals surface area contributed by atoms with Crippen molar-refractivity contribution in [2.75, 3.05) is 24.3 Å². The summed E-state index contributed by atoms with van der Waals surface area (Å²) >= 11 is 0. The normalized spacial score (nSPS) is 13.6. The third kappa shape index (κ3) is 2.40. The van der Waals surface area contributed by atoms with E-state index in [2.05, 4.69) is 5.32 Å². The number of benzene rings is 1. The Morgan fingerprint density at radius 3 is 2.65 bits per heavy atom. The molecule has 0 saturated carbocycles. The van der Waals surface area contributed by atoms with Crippen molar-refractivity contribution in [2.24, 2.45) is 0 Å². The van der Waals surface area contributed by atoms with Gasteiger partial charge in [0.2, 0.25) is 0 Å². The van der Waals surface area contributed by atoms with Crippen LogP contribution in [0.25, 0.3) is 0 Å². The third-order valence-electron chi connectivity index (χ3n) is 2.91. The first-order chi connectivity index (χ1) is 9.74. The fourth-order valence-electron chi connectivity index (χ4n) is 1.92. The number of amides is 1. The number of nitrogens with two attached hydrogens (primary N) is 1. The zero-order valence-corrected chi connectivity index (χ0v) is 10.7. The van der Waals surface area contributed by atoms with E-state index in [0.29, 0.717) is 36.1 Å². The zero-order valence-electron chi connectivity index (χ0n) is 10.7. The molecule has 0 spiro atoms. The summed E-state index contributed by atoms with van der Waals surface area (Å²) in [5.74, 6) is 1.02. The lowest BCUT2D eigenvalue weighted by Crippen LogP contribution is -2.12. The fourth-order valence-corrected chi connectivity index (χ4v) is 1.92. The minimum atomic E-state index is -0.365. The van der Waals surface area contributed by atoms with Gasteiger partial charge in [-0.05, 0) is 12.1 Å². The molecule has 20 heavy (non-hydrogen) atoms. The molecule has 104 valence electrons. The van der Waals surface area contributed by atoms with Gasteiger partial charge in [-0.1, -0.05) is 0 Å². The second kappa shape index (κ2) is 5.16. The van der Waals surface area contributed by atoms with Gasteiger partial charge >= 0.3 is 0 Å². The van der Waals surface area contributed by atoms with Gasteiger partial charge in [0, 0.05) is 18.6 Å². The Balaban J connectivity index is 1.86. The number of nitrogens with one attached hydrogen (secondary N) is 1. The molecule has 0 unspecified atom stereocenters. The topological polar surface area (TPSA) is 86.7 Å². The summed E-state index contributed by atoms with van der Waals surface area (Å²) in [6, 6.07) is 6.54. The minimum Gasteiger partial charge on any atom is -0.489 e. The lowest BCUT2D eigenvalue weighted by molar-refractivity contribution is 0.0996. The molecular weight excluding hydrogens is 260 g/mol. The van der Waals surface area contributed by atoms with Gasteiger partial charge in [-0.2, -0.15) is 0 Å². The molecule has 6 nitrogen and oxygen atoms in total. The van der Waals surface area contributed by atoms with Crippen LogP contribution >= 0.6 is 0 Å². The van der Waals surface area contributed by atoms with Crippen molar-refractivity contribution in [1.82, 2.24) is 0 Å². The van der Waals surface area contributed by atoms with E-state index in [4.69, 9.17) is 19.6 Å². The molecule has 0 radical (unpaired) electrons. The highest BCUT2D eigenvalue weighted by molar-refractivity contribution is 6.04. The monoisotopic (exact) mass is 274 g/mol. The zero-order chi connectivity index (χ0) is 13.9. The van der Waals surface area contributed by atoms with Crippen LogP contribution in [0, 0.1) is 0 Å². The van der Waals surface area contributed by atoms with Gasteiger partial charge in [0.15, 0.2) is 17.3 Å². The number of hydrogen-bond acceptors (Lipinski definition) is 5. The molecule has 0 atom stereocenters. The molecule has 6 heteroatoms. The van der Waals surface area contributed by atoms with Crippen LogP contribution in [0.5, 0.6) is 11.5 Å². The Bertz CT molecular complexity index is 622. The van der Waals surface area contributed by atoms with Crippen molar-refractivity contribution in [2.45, 2.75) is 6.42 Å². The van der Waals surface area contributed by atoms with Gasteiger partial charge < -0.3 is 24.9 Å². The van der Waals surface area contributed by atoms with Crippen molar-refractivity contribution in [3.63, 3.8) is 0 Å². The highest BCUT2D eigenvalue weighted by Crippen LogP contribution is 2.36. The van der Waals surface area contributed by atoms with Crippen molar-refractivity contribution in [3.8, 4) is 11.5 Å². The van der Waals surface area contributed by atoms with Crippen LogP contribution in [0.4, 0.5) is 11.4 Å². The van der Waals surface area contributed by atoms with Crippen molar-refractivity contribution < 1.29 is 18.7 Å². The molecule has 1 aliphatic rings. The average molecular weight is 274 g/mol. The van der Waals surface area contributed by atoms with Gasteiger partial charge in [-0.15, -0.1) is 0 Å². The third-order valence-corrected chi connectivity index (χ3v) is 2.91. The molecular formula is C14H14N2O4. The van der Waals surface area contributed by atoms with E-state index in [0.717, 1.165) is 6.42 Å². The Morgan fingerprint density at radius 2 is 1.95 bits per heavy atom. The predicted octanol–water partition coefficient (Wildman–Crippen LogP) is 2.28. The van der Waals surface area contributed by atoms with E-state index in [1.165, 1.54) is 6.26 Å². The van der Waals surface area contributed by atoms with Gasteiger partial charge in [-0.3, -0.25) is 4.79 Å². The van der Waals surface area contributed by atoms with Crippen LogP contribution in [0.3, 0.4) is 0 Å². The van der Waals surface area contributed by atoms with Crippen LogP contribution in [0.15, 0.2) is 34.9 Å². The first-order valence-electron chi connectivity index (χ1n) is 6.28. The van der Waals surface area contributed by atoms with Crippen molar-refractivity contribution in [1.29, 1.82) is 0 Å². The summed E-state index contributed by atoms with van der Waals surface area (Å²) in [5, 5.41) is 2.69. The summed E-state index contributed by atoms with van der Waals surface area (Å²) in [7, 11) is 0. The molecule has 2 heterocycles. The maximum atomic E-state index is 11.9. The number of furan rings is 1. The number of ether oxygens (including phenoxy) is 2. The van der Waals surface area contributed by atoms with E-state index in [1.54, 1.807) is 24.3 Å². The Kier molecular flexibility index (Phi) is 3.20. The smallest absolute Gasteiger partial charge is 0.291 e. The highest BCUT2D eigenvalue weighted by Gasteiger charge is 2.16. The second-order valence-corrected chi connectivity index (χ2v) is 4.37. The van der Waals surface area contributed by atoms with Crippen LogP contribution < -0.4 is 20.5 Å². The van der Waals surface area contributed by atoms with E-state index in [1.807, 2.05) is 0 Å². The predicted molar refractivity (Wildman–Crippen MR) is 73.1 cm³/mol. The van der Waals surface area contributed by atoms with Gasteiger partial charge in [0.25, 0.3) is 5.91 Å². The number of rotatable bonds is 2. The molecule has 1 aromatic carbocycles. The molecule has 3 N–H and O–H groups in total. The largest absolute Gasteiger partial charge is 0.489 e.